The lowest BCUT2D eigenvalue weighted by Crippen LogP contribution is -2.53. The summed E-state index contributed by atoms with van der Waals surface area (Å²) in [4.78, 5) is 15.1. The van der Waals surface area contributed by atoms with Crippen molar-refractivity contribution in [2.24, 2.45) is 5.92 Å². The highest BCUT2D eigenvalue weighted by Gasteiger charge is 2.39. The van der Waals surface area contributed by atoms with E-state index in [-0.39, 0.29) is 11.5 Å². The number of carbonyl (C=O) groups is 1. The lowest BCUT2D eigenvalue weighted by molar-refractivity contribution is -0.142. The second-order valence-electron chi connectivity index (χ2n) is 7.37. The fourth-order valence-electron chi connectivity index (χ4n) is 3.99. The maximum absolute atomic E-state index is 13.0. The Morgan fingerprint density at radius 1 is 1.09 bits per heavy atom. The number of benzene rings is 1. The van der Waals surface area contributed by atoms with Gasteiger partial charge in [-0.15, -0.1) is 0 Å². The largest absolute Gasteiger partial charge is 0.493 e. The van der Waals surface area contributed by atoms with Crippen molar-refractivity contribution in [1.29, 1.82) is 0 Å². The third-order valence-corrected chi connectivity index (χ3v) is 5.36. The fourth-order valence-corrected chi connectivity index (χ4v) is 3.99. The van der Waals surface area contributed by atoms with Gasteiger partial charge in [-0.1, -0.05) is 12.8 Å². The van der Waals surface area contributed by atoms with E-state index in [0.717, 1.165) is 30.8 Å². The third-order valence-electron chi connectivity index (χ3n) is 5.36. The topological polar surface area (TPSA) is 38.8 Å². The van der Waals surface area contributed by atoms with Gasteiger partial charge >= 0.3 is 0 Å². The summed E-state index contributed by atoms with van der Waals surface area (Å²) in [6.45, 7) is 5.00. The van der Waals surface area contributed by atoms with E-state index in [1.807, 2.05) is 6.07 Å². The van der Waals surface area contributed by atoms with E-state index in [1.165, 1.54) is 24.0 Å². The Labute approximate surface area is 138 Å². The molecule has 1 saturated carbocycles. The van der Waals surface area contributed by atoms with Crippen molar-refractivity contribution in [2.45, 2.75) is 58.0 Å². The first-order chi connectivity index (χ1) is 11.0. The van der Waals surface area contributed by atoms with E-state index >= 15 is 0 Å². The summed E-state index contributed by atoms with van der Waals surface area (Å²) in [7, 11) is 3.31. The summed E-state index contributed by atoms with van der Waals surface area (Å²) < 4.78 is 10.8. The summed E-state index contributed by atoms with van der Waals surface area (Å²) in [5.74, 6) is 2.04. The Morgan fingerprint density at radius 3 is 2.22 bits per heavy atom. The minimum Gasteiger partial charge on any atom is -0.493 e. The highest BCUT2D eigenvalue weighted by molar-refractivity contribution is 5.80. The minimum atomic E-state index is -0.160. The molecule has 3 rings (SSSR count). The molecule has 0 radical (unpaired) electrons. The zero-order valence-electron chi connectivity index (χ0n) is 14.6. The predicted molar refractivity (Wildman–Crippen MR) is 89.8 cm³/mol. The molecule has 0 N–H and O–H groups in total. The van der Waals surface area contributed by atoms with Gasteiger partial charge in [0.1, 0.15) is 0 Å². The summed E-state index contributed by atoms with van der Waals surface area (Å²) in [5, 5.41) is 0. The number of amides is 1. The van der Waals surface area contributed by atoms with Crippen LogP contribution in [-0.2, 0) is 17.8 Å². The van der Waals surface area contributed by atoms with Crippen LogP contribution < -0.4 is 9.47 Å². The molecule has 0 spiro atoms. The first kappa shape index (κ1) is 16.2. The van der Waals surface area contributed by atoms with Crippen LogP contribution in [-0.4, -0.2) is 30.6 Å². The van der Waals surface area contributed by atoms with Gasteiger partial charge in [-0.05, 0) is 56.4 Å². The zero-order valence-corrected chi connectivity index (χ0v) is 14.6. The van der Waals surface area contributed by atoms with Gasteiger partial charge in [0.15, 0.2) is 11.5 Å². The Morgan fingerprint density at radius 2 is 1.65 bits per heavy atom. The number of ether oxygens (including phenoxy) is 2. The van der Waals surface area contributed by atoms with Gasteiger partial charge in [0.05, 0.1) is 14.2 Å². The second-order valence-corrected chi connectivity index (χ2v) is 7.37. The predicted octanol–water partition coefficient (Wildman–Crippen LogP) is 3.56. The van der Waals surface area contributed by atoms with Crippen LogP contribution >= 0.6 is 0 Å². The molecule has 1 aliphatic heterocycles. The van der Waals surface area contributed by atoms with Gasteiger partial charge < -0.3 is 14.4 Å². The molecule has 1 heterocycles. The van der Waals surface area contributed by atoms with Crippen molar-refractivity contribution in [3.63, 3.8) is 0 Å². The van der Waals surface area contributed by atoms with Crippen molar-refractivity contribution >= 4 is 5.91 Å². The number of carbonyl (C=O) groups excluding carboxylic acids is 1. The van der Waals surface area contributed by atoms with Crippen LogP contribution in [0.2, 0.25) is 0 Å². The summed E-state index contributed by atoms with van der Waals surface area (Å²) in [5.41, 5.74) is 2.27. The molecule has 23 heavy (non-hydrogen) atoms. The van der Waals surface area contributed by atoms with Crippen LogP contribution in [0.4, 0.5) is 0 Å². The Bertz CT molecular complexity index is 603. The maximum atomic E-state index is 13.0. The third kappa shape index (κ3) is 2.91. The smallest absolute Gasteiger partial charge is 0.226 e. The second kappa shape index (κ2) is 6.06. The van der Waals surface area contributed by atoms with E-state index in [1.54, 1.807) is 14.2 Å². The van der Waals surface area contributed by atoms with Gasteiger partial charge in [-0.3, -0.25) is 4.79 Å². The van der Waals surface area contributed by atoms with Crippen LogP contribution in [0.15, 0.2) is 12.1 Å². The molecule has 4 heteroatoms. The lowest BCUT2D eigenvalue weighted by atomic mass is 9.84. The molecule has 0 atom stereocenters. The van der Waals surface area contributed by atoms with Crippen molar-refractivity contribution in [1.82, 2.24) is 4.90 Å². The summed E-state index contributed by atoms with van der Waals surface area (Å²) in [6, 6.07) is 4.09. The molecule has 1 aromatic rings. The molecule has 0 saturated heterocycles. The SMILES string of the molecule is COc1cc2c(cc1OC)CC(C)(C)N(C(=O)C1CCCC1)C2. The number of hydrogen-bond donors (Lipinski definition) is 0. The molecule has 1 fully saturated rings. The first-order valence-electron chi connectivity index (χ1n) is 8.51. The molecular weight excluding hydrogens is 290 g/mol. The standard InChI is InChI=1S/C19H27NO3/c1-19(2)11-14-9-16(22-3)17(23-4)10-15(14)12-20(19)18(21)13-7-5-6-8-13/h9-10,13H,5-8,11-12H2,1-4H3. The fraction of sp³-hybridized carbons (Fsp3) is 0.632. The Kier molecular flexibility index (Phi) is 4.26. The minimum absolute atomic E-state index is 0.160. The number of rotatable bonds is 3. The van der Waals surface area contributed by atoms with E-state index in [0.29, 0.717) is 12.5 Å². The van der Waals surface area contributed by atoms with Gasteiger partial charge in [0.2, 0.25) is 5.91 Å². The van der Waals surface area contributed by atoms with Crippen LogP contribution in [0.5, 0.6) is 11.5 Å². The summed E-state index contributed by atoms with van der Waals surface area (Å²) in [6.07, 6.45) is 5.31. The molecule has 2 aliphatic rings. The highest BCUT2D eigenvalue weighted by atomic mass is 16.5. The van der Waals surface area contributed by atoms with Crippen LogP contribution in [0.3, 0.4) is 0 Å². The molecule has 0 bridgehead atoms. The molecule has 126 valence electrons. The average molecular weight is 317 g/mol. The monoisotopic (exact) mass is 317 g/mol. The quantitative estimate of drug-likeness (QED) is 0.855. The van der Waals surface area contributed by atoms with Crippen molar-refractivity contribution in [3.8, 4) is 11.5 Å². The number of fused-ring (bicyclic) bond motifs is 1. The van der Waals surface area contributed by atoms with Gasteiger partial charge in [-0.2, -0.15) is 0 Å². The average Bonchev–Trinajstić information content (AvgIpc) is 3.06. The van der Waals surface area contributed by atoms with Gasteiger partial charge in [0.25, 0.3) is 0 Å². The highest BCUT2D eigenvalue weighted by Crippen LogP contribution is 2.39. The van der Waals surface area contributed by atoms with Gasteiger partial charge in [-0.25, -0.2) is 0 Å². The van der Waals surface area contributed by atoms with E-state index in [9.17, 15) is 4.79 Å². The van der Waals surface area contributed by atoms with Crippen molar-refractivity contribution < 1.29 is 14.3 Å². The first-order valence-corrected chi connectivity index (χ1v) is 8.51. The number of nitrogens with zero attached hydrogens (tertiary/aromatic N) is 1. The molecular formula is C19H27NO3. The van der Waals surface area contributed by atoms with E-state index in [2.05, 4.69) is 24.8 Å². The van der Waals surface area contributed by atoms with Crippen LogP contribution in [0.1, 0.15) is 50.7 Å². The summed E-state index contributed by atoms with van der Waals surface area (Å²) >= 11 is 0. The maximum Gasteiger partial charge on any atom is 0.226 e. The molecule has 1 aromatic carbocycles. The van der Waals surface area contributed by atoms with Crippen molar-refractivity contribution in [2.75, 3.05) is 14.2 Å². The van der Waals surface area contributed by atoms with E-state index < -0.39 is 0 Å². The van der Waals surface area contributed by atoms with Crippen molar-refractivity contribution in [3.05, 3.63) is 23.3 Å². The molecule has 0 unspecified atom stereocenters. The lowest BCUT2D eigenvalue weighted by Gasteiger charge is -2.44. The molecule has 0 aromatic heterocycles. The zero-order chi connectivity index (χ0) is 16.6. The molecule has 1 aliphatic carbocycles. The Balaban J connectivity index is 1.92. The van der Waals surface area contributed by atoms with Crippen LogP contribution in [0.25, 0.3) is 0 Å². The number of hydrogen-bond acceptors (Lipinski definition) is 3. The van der Waals surface area contributed by atoms with E-state index in [4.69, 9.17) is 9.47 Å². The normalized spacial score (nSPS) is 20.3. The van der Waals surface area contributed by atoms with Gasteiger partial charge in [0, 0.05) is 18.0 Å². The molecule has 4 nitrogen and oxygen atoms in total. The van der Waals surface area contributed by atoms with Crippen LogP contribution in [0, 0.1) is 5.92 Å². The number of methoxy groups -OCH3 is 2. The Hall–Kier alpha value is -1.71. The molecule has 1 amide bonds.